The van der Waals surface area contributed by atoms with Crippen LogP contribution >= 0.6 is 0 Å². The summed E-state index contributed by atoms with van der Waals surface area (Å²) in [7, 11) is 1.51. The van der Waals surface area contributed by atoms with Crippen LogP contribution in [0.15, 0.2) is 65.6 Å². The normalized spacial score (nSPS) is 11.5. The van der Waals surface area contributed by atoms with E-state index in [1.807, 2.05) is 49.4 Å². The molecule has 0 aliphatic rings. The molecular weight excluding hydrogens is 434 g/mol. The standard InChI is InChI=1S/C26H29N3O5/c1-4-34-23(31)16-21(27-26(33)28-24-22(30)11-12-29(3)25(24)32)20-10-6-9-19(15-20)14-18-8-5-7-17(2)13-18/h5-13,15,21,30H,4,14,16H2,1-3H3,(H2,27,28,33). The number of rotatable bonds is 8. The number of aromatic hydroxyl groups is 1. The minimum absolute atomic E-state index is 0.0893. The third-order valence-corrected chi connectivity index (χ3v) is 5.31. The summed E-state index contributed by atoms with van der Waals surface area (Å²) in [6, 6.07) is 15.7. The summed E-state index contributed by atoms with van der Waals surface area (Å²) >= 11 is 0. The van der Waals surface area contributed by atoms with E-state index in [1.165, 1.54) is 29.4 Å². The van der Waals surface area contributed by atoms with E-state index in [1.54, 1.807) is 6.92 Å². The summed E-state index contributed by atoms with van der Waals surface area (Å²) in [5.41, 5.74) is 3.26. The first kappa shape index (κ1) is 24.6. The van der Waals surface area contributed by atoms with Crippen molar-refractivity contribution in [1.82, 2.24) is 9.88 Å². The van der Waals surface area contributed by atoms with Gasteiger partial charge in [0.05, 0.1) is 19.1 Å². The zero-order valence-electron chi connectivity index (χ0n) is 19.5. The van der Waals surface area contributed by atoms with E-state index in [0.29, 0.717) is 6.42 Å². The van der Waals surface area contributed by atoms with Crippen LogP contribution in [0.5, 0.6) is 5.75 Å². The molecule has 0 spiro atoms. The minimum atomic E-state index is -0.725. The number of nitrogens with one attached hydrogen (secondary N) is 2. The Morgan fingerprint density at radius 2 is 1.79 bits per heavy atom. The number of hydrogen-bond donors (Lipinski definition) is 3. The monoisotopic (exact) mass is 463 g/mol. The quantitative estimate of drug-likeness (QED) is 0.440. The molecule has 0 bridgehead atoms. The molecule has 178 valence electrons. The molecule has 1 atom stereocenters. The highest BCUT2D eigenvalue weighted by atomic mass is 16.5. The lowest BCUT2D eigenvalue weighted by atomic mass is 9.97. The molecule has 3 rings (SSSR count). The molecule has 2 amide bonds. The van der Waals surface area contributed by atoms with Crippen molar-refractivity contribution in [2.45, 2.75) is 32.7 Å². The minimum Gasteiger partial charge on any atom is -0.505 e. The fourth-order valence-electron chi connectivity index (χ4n) is 3.66. The molecule has 8 heteroatoms. The zero-order chi connectivity index (χ0) is 24.7. The Kier molecular flexibility index (Phi) is 8.08. The molecule has 1 heterocycles. The summed E-state index contributed by atoms with van der Waals surface area (Å²) in [5.74, 6) is -0.810. The summed E-state index contributed by atoms with van der Waals surface area (Å²) in [4.78, 5) is 37.2. The SMILES string of the molecule is CCOC(=O)CC(NC(=O)Nc1c(O)ccn(C)c1=O)c1cccc(Cc2cccc(C)c2)c1. The molecule has 2 aromatic carbocycles. The predicted molar refractivity (Wildman–Crippen MR) is 130 cm³/mol. The Morgan fingerprint density at radius 1 is 1.09 bits per heavy atom. The number of anilines is 1. The number of nitrogens with zero attached hydrogens (tertiary/aromatic N) is 1. The summed E-state index contributed by atoms with van der Waals surface area (Å²) in [6.07, 6.45) is 2.00. The van der Waals surface area contributed by atoms with E-state index >= 15 is 0 Å². The molecular formula is C26H29N3O5. The first-order chi connectivity index (χ1) is 16.3. The largest absolute Gasteiger partial charge is 0.505 e. The van der Waals surface area contributed by atoms with E-state index in [2.05, 4.69) is 16.7 Å². The number of ether oxygens (including phenoxy) is 1. The molecule has 0 saturated heterocycles. The molecule has 8 nitrogen and oxygen atoms in total. The van der Waals surface area contributed by atoms with Gasteiger partial charge in [-0.15, -0.1) is 0 Å². The van der Waals surface area contributed by atoms with Gasteiger partial charge >= 0.3 is 12.0 Å². The summed E-state index contributed by atoms with van der Waals surface area (Å²) in [6.45, 7) is 3.97. The Balaban J connectivity index is 1.83. The summed E-state index contributed by atoms with van der Waals surface area (Å²) in [5, 5.41) is 15.1. The number of aromatic nitrogens is 1. The van der Waals surface area contributed by atoms with Crippen molar-refractivity contribution in [1.29, 1.82) is 0 Å². The predicted octanol–water partition coefficient (Wildman–Crippen LogP) is 3.81. The van der Waals surface area contributed by atoms with E-state index in [9.17, 15) is 19.5 Å². The van der Waals surface area contributed by atoms with Crippen LogP contribution in [0.25, 0.3) is 0 Å². The molecule has 0 fully saturated rings. The number of hydrogen-bond acceptors (Lipinski definition) is 5. The lowest BCUT2D eigenvalue weighted by Gasteiger charge is -2.20. The number of benzene rings is 2. The van der Waals surface area contributed by atoms with Crippen molar-refractivity contribution in [2.24, 2.45) is 7.05 Å². The fraction of sp³-hybridized carbons (Fsp3) is 0.269. The van der Waals surface area contributed by atoms with Gasteiger partial charge in [0.2, 0.25) is 0 Å². The molecule has 0 aliphatic carbocycles. The van der Waals surface area contributed by atoms with Crippen LogP contribution in [-0.2, 0) is 23.0 Å². The highest BCUT2D eigenvalue weighted by molar-refractivity contribution is 5.91. The molecule has 34 heavy (non-hydrogen) atoms. The second kappa shape index (κ2) is 11.2. The van der Waals surface area contributed by atoms with Gasteiger partial charge in [-0.3, -0.25) is 9.59 Å². The van der Waals surface area contributed by atoms with E-state index in [0.717, 1.165) is 16.7 Å². The van der Waals surface area contributed by atoms with Gasteiger partial charge in [0.15, 0.2) is 5.69 Å². The fourth-order valence-corrected chi connectivity index (χ4v) is 3.66. The second-order valence-electron chi connectivity index (χ2n) is 8.06. The number of amides is 2. The number of esters is 1. The van der Waals surface area contributed by atoms with E-state index in [-0.39, 0.29) is 24.5 Å². The Bertz CT molecular complexity index is 1240. The lowest BCUT2D eigenvalue weighted by Crippen LogP contribution is -2.36. The van der Waals surface area contributed by atoms with Crippen LogP contribution in [0.3, 0.4) is 0 Å². The van der Waals surface area contributed by atoms with Crippen molar-refractivity contribution in [2.75, 3.05) is 11.9 Å². The molecule has 3 N–H and O–H groups in total. The van der Waals surface area contributed by atoms with E-state index in [4.69, 9.17) is 4.74 Å². The molecule has 3 aromatic rings. The van der Waals surface area contributed by atoms with Gasteiger partial charge < -0.3 is 25.0 Å². The zero-order valence-corrected chi connectivity index (χ0v) is 19.5. The average molecular weight is 464 g/mol. The number of carbonyl (C=O) groups excluding carboxylic acids is 2. The van der Waals surface area contributed by atoms with Crippen LogP contribution in [0.4, 0.5) is 10.5 Å². The van der Waals surface area contributed by atoms with Crippen molar-refractivity contribution in [3.8, 4) is 5.75 Å². The van der Waals surface area contributed by atoms with Gasteiger partial charge in [0, 0.05) is 13.2 Å². The highest BCUT2D eigenvalue weighted by Crippen LogP contribution is 2.22. The Labute approximate surface area is 198 Å². The van der Waals surface area contributed by atoms with Crippen LogP contribution in [0.2, 0.25) is 0 Å². The van der Waals surface area contributed by atoms with Crippen LogP contribution < -0.4 is 16.2 Å². The maximum absolute atomic E-state index is 12.7. The van der Waals surface area contributed by atoms with Crippen molar-refractivity contribution >= 4 is 17.7 Å². The maximum Gasteiger partial charge on any atom is 0.319 e. The summed E-state index contributed by atoms with van der Waals surface area (Å²) < 4.78 is 6.32. The van der Waals surface area contributed by atoms with Crippen LogP contribution in [0, 0.1) is 6.92 Å². The third-order valence-electron chi connectivity index (χ3n) is 5.31. The highest BCUT2D eigenvalue weighted by Gasteiger charge is 2.21. The second-order valence-corrected chi connectivity index (χ2v) is 8.06. The molecule has 0 radical (unpaired) electrons. The smallest absolute Gasteiger partial charge is 0.319 e. The molecule has 1 unspecified atom stereocenters. The number of urea groups is 1. The number of aryl methyl sites for hydroxylation is 2. The first-order valence-corrected chi connectivity index (χ1v) is 11.0. The van der Waals surface area contributed by atoms with Gasteiger partial charge in [0.25, 0.3) is 5.56 Å². The first-order valence-electron chi connectivity index (χ1n) is 11.0. The maximum atomic E-state index is 12.7. The average Bonchev–Trinajstić information content (AvgIpc) is 2.79. The number of pyridine rings is 1. The number of carbonyl (C=O) groups is 2. The molecule has 0 saturated carbocycles. The topological polar surface area (TPSA) is 110 Å². The van der Waals surface area contributed by atoms with Crippen molar-refractivity contribution in [3.63, 3.8) is 0 Å². The third kappa shape index (κ3) is 6.48. The van der Waals surface area contributed by atoms with Gasteiger partial charge in [-0.1, -0.05) is 54.1 Å². The Hall–Kier alpha value is -4.07. The molecule has 1 aromatic heterocycles. The van der Waals surface area contributed by atoms with Gasteiger partial charge in [-0.25, -0.2) is 4.79 Å². The van der Waals surface area contributed by atoms with Crippen molar-refractivity contribution < 1.29 is 19.4 Å². The van der Waals surface area contributed by atoms with Crippen LogP contribution in [-0.4, -0.2) is 28.3 Å². The molecule has 0 aliphatic heterocycles. The van der Waals surface area contributed by atoms with E-state index < -0.39 is 23.6 Å². The van der Waals surface area contributed by atoms with Gasteiger partial charge in [0.1, 0.15) is 5.75 Å². The lowest BCUT2D eigenvalue weighted by molar-refractivity contribution is -0.143. The van der Waals surface area contributed by atoms with Crippen LogP contribution in [0.1, 0.15) is 41.6 Å². The van der Waals surface area contributed by atoms with Gasteiger partial charge in [-0.2, -0.15) is 0 Å². The van der Waals surface area contributed by atoms with Gasteiger partial charge in [-0.05, 0) is 43.0 Å². The van der Waals surface area contributed by atoms with Crippen molar-refractivity contribution in [3.05, 3.63) is 93.4 Å². The Morgan fingerprint density at radius 3 is 2.50 bits per heavy atom.